The molecule has 1 aliphatic carbocycles. The highest BCUT2D eigenvalue weighted by Crippen LogP contribution is 2.27. The fourth-order valence-corrected chi connectivity index (χ4v) is 2.50. The lowest BCUT2D eigenvalue weighted by Crippen LogP contribution is -2.44. The molecule has 0 atom stereocenters. The lowest BCUT2D eigenvalue weighted by molar-refractivity contribution is -0.129. The van der Waals surface area contributed by atoms with Crippen LogP contribution in [0.1, 0.15) is 39.5 Å². The number of hydrogen-bond acceptors (Lipinski definition) is 2. The molecule has 0 bridgehead atoms. The number of likely N-dealkylation sites (N-methyl/N-ethyl adjacent to an activating group) is 1. The smallest absolute Gasteiger partial charge is 0.246 e. The molecule has 1 rings (SSSR count). The number of nitrogens with one attached hydrogen (secondary N) is 1. The molecule has 0 saturated heterocycles. The Morgan fingerprint density at radius 1 is 1.35 bits per heavy atom. The Labute approximate surface area is 105 Å². The number of allylic oxidation sites excluding steroid dienone is 1. The van der Waals surface area contributed by atoms with Gasteiger partial charge in [0, 0.05) is 19.1 Å². The zero-order valence-corrected chi connectivity index (χ0v) is 11.4. The highest BCUT2D eigenvalue weighted by Gasteiger charge is 2.25. The van der Waals surface area contributed by atoms with Crippen LogP contribution < -0.4 is 5.32 Å². The molecule has 0 aromatic rings. The monoisotopic (exact) mass is 238 g/mol. The lowest BCUT2D eigenvalue weighted by atomic mass is 9.86. The zero-order chi connectivity index (χ0) is 12.7. The van der Waals surface area contributed by atoms with Gasteiger partial charge in [0.25, 0.3) is 0 Å². The number of carbonyl (C=O) groups excluding carboxylic acids is 1. The zero-order valence-electron chi connectivity index (χ0n) is 11.4. The van der Waals surface area contributed by atoms with Crippen molar-refractivity contribution in [2.24, 2.45) is 5.92 Å². The third-order valence-electron chi connectivity index (χ3n) is 3.62. The summed E-state index contributed by atoms with van der Waals surface area (Å²) in [4.78, 5) is 14.1. The second-order valence-electron chi connectivity index (χ2n) is 5.05. The highest BCUT2D eigenvalue weighted by atomic mass is 16.2. The van der Waals surface area contributed by atoms with E-state index in [4.69, 9.17) is 0 Å². The first kappa shape index (κ1) is 14.2. The molecule has 0 aromatic carbocycles. The van der Waals surface area contributed by atoms with Crippen molar-refractivity contribution in [2.45, 2.75) is 45.6 Å². The number of nitrogens with zero attached hydrogens (tertiary/aromatic N) is 1. The Bertz CT molecular complexity index is 255. The molecule has 98 valence electrons. The van der Waals surface area contributed by atoms with E-state index in [1.807, 2.05) is 24.9 Å². The van der Waals surface area contributed by atoms with Crippen LogP contribution in [-0.4, -0.2) is 37.0 Å². The van der Waals surface area contributed by atoms with Gasteiger partial charge in [-0.1, -0.05) is 13.0 Å². The summed E-state index contributed by atoms with van der Waals surface area (Å²) in [6.45, 7) is 5.90. The summed E-state index contributed by atoms with van der Waals surface area (Å²) in [5.74, 6) is 0.997. The molecule has 1 saturated carbocycles. The second kappa shape index (κ2) is 7.49. The Kier molecular flexibility index (Phi) is 6.27. The molecule has 1 N–H and O–H groups in total. The van der Waals surface area contributed by atoms with E-state index >= 15 is 0 Å². The van der Waals surface area contributed by atoms with E-state index in [9.17, 15) is 4.79 Å². The lowest BCUT2D eigenvalue weighted by Gasteiger charge is -2.35. The largest absolute Gasteiger partial charge is 0.335 e. The van der Waals surface area contributed by atoms with Crippen LogP contribution >= 0.6 is 0 Å². The van der Waals surface area contributed by atoms with Crippen molar-refractivity contribution < 1.29 is 4.79 Å². The first-order valence-electron chi connectivity index (χ1n) is 6.77. The molecule has 3 nitrogen and oxygen atoms in total. The van der Waals surface area contributed by atoms with Crippen LogP contribution in [0, 0.1) is 5.92 Å². The van der Waals surface area contributed by atoms with E-state index in [2.05, 4.69) is 12.2 Å². The van der Waals surface area contributed by atoms with Crippen molar-refractivity contribution in [3.63, 3.8) is 0 Å². The fourth-order valence-electron chi connectivity index (χ4n) is 2.50. The molecule has 1 fully saturated rings. The predicted octanol–water partition coefficient (Wildman–Crippen LogP) is 2.19. The van der Waals surface area contributed by atoms with Crippen molar-refractivity contribution in [1.29, 1.82) is 0 Å². The quantitative estimate of drug-likeness (QED) is 0.745. The van der Waals surface area contributed by atoms with Gasteiger partial charge in [0.05, 0.1) is 0 Å². The summed E-state index contributed by atoms with van der Waals surface area (Å²) in [5, 5.41) is 3.13. The minimum absolute atomic E-state index is 0.169. The van der Waals surface area contributed by atoms with Gasteiger partial charge in [-0.05, 0) is 51.6 Å². The molecule has 1 amide bonds. The summed E-state index contributed by atoms with van der Waals surface area (Å²) in [6.07, 6.45) is 8.35. The number of rotatable bonds is 5. The third-order valence-corrected chi connectivity index (χ3v) is 3.62. The fraction of sp³-hybridized carbons (Fsp3) is 0.786. The molecule has 0 heterocycles. The van der Waals surface area contributed by atoms with E-state index in [0.717, 1.165) is 31.8 Å². The minimum atomic E-state index is 0.169. The van der Waals surface area contributed by atoms with E-state index in [-0.39, 0.29) is 5.91 Å². The van der Waals surface area contributed by atoms with Crippen molar-refractivity contribution in [1.82, 2.24) is 10.2 Å². The van der Waals surface area contributed by atoms with Gasteiger partial charge in [0.2, 0.25) is 5.91 Å². The molecular weight excluding hydrogens is 212 g/mol. The summed E-state index contributed by atoms with van der Waals surface area (Å²) in [5.41, 5.74) is 0. The maximum absolute atomic E-state index is 12.0. The number of hydrogen-bond donors (Lipinski definition) is 1. The van der Waals surface area contributed by atoms with Crippen LogP contribution in [0.4, 0.5) is 0 Å². The van der Waals surface area contributed by atoms with Crippen LogP contribution in [0.3, 0.4) is 0 Å². The first-order valence-corrected chi connectivity index (χ1v) is 6.77. The topological polar surface area (TPSA) is 32.3 Å². The van der Waals surface area contributed by atoms with Gasteiger partial charge in [0.15, 0.2) is 0 Å². The standard InChI is InChI=1S/C14H26N2O/c1-4-5-14(17)16(11-10-15-3)13-8-6-12(2)7-9-13/h4-5,12-13,15H,6-11H2,1-3H3/b5-4+/t12-,13-. The van der Waals surface area contributed by atoms with Gasteiger partial charge in [-0.3, -0.25) is 4.79 Å². The average molecular weight is 238 g/mol. The van der Waals surface area contributed by atoms with Crippen LogP contribution in [0.25, 0.3) is 0 Å². The van der Waals surface area contributed by atoms with E-state index in [0.29, 0.717) is 6.04 Å². The summed E-state index contributed by atoms with van der Waals surface area (Å²) >= 11 is 0. The minimum Gasteiger partial charge on any atom is -0.335 e. The third kappa shape index (κ3) is 4.50. The Balaban J connectivity index is 2.58. The highest BCUT2D eigenvalue weighted by molar-refractivity contribution is 5.87. The van der Waals surface area contributed by atoms with Crippen LogP contribution in [-0.2, 0) is 4.79 Å². The van der Waals surface area contributed by atoms with Gasteiger partial charge in [-0.25, -0.2) is 0 Å². The maximum Gasteiger partial charge on any atom is 0.246 e. The molecule has 0 aliphatic heterocycles. The molecular formula is C14H26N2O. The van der Waals surface area contributed by atoms with Crippen molar-refractivity contribution >= 4 is 5.91 Å². The summed E-state index contributed by atoms with van der Waals surface area (Å²) in [7, 11) is 1.93. The van der Waals surface area contributed by atoms with Crippen LogP contribution in [0.2, 0.25) is 0 Å². The molecule has 0 aromatic heterocycles. The molecule has 3 heteroatoms. The number of carbonyl (C=O) groups is 1. The maximum atomic E-state index is 12.0. The second-order valence-corrected chi connectivity index (χ2v) is 5.05. The van der Waals surface area contributed by atoms with Gasteiger partial charge in [-0.2, -0.15) is 0 Å². The van der Waals surface area contributed by atoms with Gasteiger partial charge < -0.3 is 10.2 Å². The van der Waals surface area contributed by atoms with Crippen LogP contribution in [0.5, 0.6) is 0 Å². The summed E-state index contributed by atoms with van der Waals surface area (Å²) in [6, 6.07) is 0.447. The van der Waals surface area contributed by atoms with Gasteiger partial charge >= 0.3 is 0 Å². The average Bonchev–Trinajstić information content (AvgIpc) is 2.32. The van der Waals surface area contributed by atoms with Crippen molar-refractivity contribution in [3.8, 4) is 0 Å². The van der Waals surface area contributed by atoms with Gasteiger partial charge in [-0.15, -0.1) is 0 Å². The molecule has 0 radical (unpaired) electrons. The van der Waals surface area contributed by atoms with Crippen LogP contribution in [0.15, 0.2) is 12.2 Å². The predicted molar refractivity (Wildman–Crippen MR) is 71.9 cm³/mol. The van der Waals surface area contributed by atoms with E-state index < -0.39 is 0 Å². The number of amides is 1. The Hall–Kier alpha value is -0.830. The molecule has 0 spiro atoms. The Morgan fingerprint density at radius 3 is 2.53 bits per heavy atom. The Morgan fingerprint density at radius 2 is 2.00 bits per heavy atom. The summed E-state index contributed by atoms with van der Waals surface area (Å²) < 4.78 is 0. The first-order chi connectivity index (χ1) is 8.19. The SMILES string of the molecule is C/C=C/C(=O)N(CCNC)[C@H]1CC[C@H](C)CC1. The van der Waals surface area contributed by atoms with E-state index in [1.54, 1.807) is 6.08 Å². The van der Waals surface area contributed by atoms with E-state index in [1.165, 1.54) is 12.8 Å². The molecule has 0 unspecified atom stereocenters. The van der Waals surface area contributed by atoms with Crippen molar-refractivity contribution in [2.75, 3.05) is 20.1 Å². The molecule has 1 aliphatic rings. The molecule has 17 heavy (non-hydrogen) atoms. The van der Waals surface area contributed by atoms with Crippen molar-refractivity contribution in [3.05, 3.63) is 12.2 Å². The normalized spacial score (nSPS) is 25.1. The van der Waals surface area contributed by atoms with Gasteiger partial charge in [0.1, 0.15) is 0 Å².